The summed E-state index contributed by atoms with van der Waals surface area (Å²) in [6.07, 6.45) is 1.74. The van der Waals surface area contributed by atoms with Crippen LogP contribution in [0.3, 0.4) is 0 Å². The molecule has 4 rings (SSSR count). The van der Waals surface area contributed by atoms with Crippen LogP contribution >= 0.6 is 11.6 Å². The second-order valence-electron chi connectivity index (χ2n) is 11.8. The fourth-order valence-corrected chi connectivity index (χ4v) is 7.08. The van der Waals surface area contributed by atoms with Gasteiger partial charge in [0.25, 0.3) is 15.7 Å². The number of anilines is 1. The molecule has 0 unspecified atom stereocenters. The highest BCUT2D eigenvalue weighted by molar-refractivity contribution is 7.92. The van der Waals surface area contributed by atoms with Crippen LogP contribution in [0.25, 0.3) is 0 Å². The highest BCUT2D eigenvalue weighted by Crippen LogP contribution is 2.36. The first kappa shape index (κ1) is 37.9. The number of nitro benzene ring substituents is 1. The molecule has 0 spiro atoms. The first-order valence-corrected chi connectivity index (χ1v) is 18.0. The number of methoxy groups -OCH3 is 1. The normalized spacial score (nSPS) is 11.8. The predicted octanol–water partition coefficient (Wildman–Crippen LogP) is 6.63. The Hall–Kier alpha value is -4.94. The molecule has 0 fully saturated rings. The fraction of sp³-hybridized carbons (Fsp3) is 0.297. The molecule has 2 amide bonds. The number of rotatable bonds is 16. The van der Waals surface area contributed by atoms with Crippen LogP contribution in [-0.4, -0.2) is 56.3 Å². The van der Waals surface area contributed by atoms with Crippen molar-refractivity contribution in [1.82, 2.24) is 10.2 Å². The quantitative estimate of drug-likeness (QED) is 0.0779. The molecule has 0 aliphatic carbocycles. The monoisotopic (exact) mass is 720 g/mol. The Morgan fingerprint density at radius 3 is 2.32 bits per heavy atom. The number of carbonyl (C=O) groups excluding carboxylic acids is 2. The maximum Gasteiger partial charge on any atom is 0.273 e. The molecule has 1 N–H and O–H groups in total. The summed E-state index contributed by atoms with van der Waals surface area (Å²) in [7, 11) is -3.32. The van der Waals surface area contributed by atoms with Crippen LogP contribution in [0.5, 0.6) is 5.75 Å². The van der Waals surface area contributed by atoms with Gasteiger partial charge >= 0.3 is 0 Å². The van der Waals surface area contributed by atoms with Gasteiger partial charge < -0.3 is 15.0 Å². The summed E-state index contributed by atoms with van der Waals surface area (Å²) in [5, 5.41) is 14.9. The molecule has 50 heavy (non-hydrogen) atoms. The smallest absolute Gasteiger partial charge is 0.273 e. The van der Waals surface area contributed by atoms with Gasteiger partial charge in [0.1, 0.15) is 18.3 Å². The topological polar surface area (TPSA) is 139 Å². The van der Waals surface area contributed by atoms with E-state index in [1.165, 1.54) is 49.3 Å². The molecule has 13 heteroatoms. The number of sulfonamides is 1. The molecule has 1 atom stereocenters. The third kappa shape index (κ3) is 9.19. The molecule has 0 heterocycles. The van der Waals surface area contributed by atoms with Crippen molar-refractivity contribution in [2.75, 3.05) is 24.5 Å². The minimum atomic E-state index is -4.67. The lowest BCUT2D eigenvalue weighted by Gasteiger charge is -2.34. The zero-order chi connectivity index (χ0) is 36.4. The maximum atomic E-state index is 14.8. The van der Waals surface area contributed by atoms with E-state index in [-0.39, 0.29) is 40.9 Å². The van der Waals surface area contributed by atoms with Crippen LogP contribution in [0.1, 0.15) is 42.0 Å². The van der Waals surface area contributed by atoms with Crippen molar-refractivity contribution in [1.29, 1.82) is 0 Å². The van der Waals surface area contributed by atoms with Crippen molar-refractivity contribution in [2.45, 2.75) is 57.5 Å². The summed E-state index contributed by atoms with van der Waals surface area (Å²) in [6.45, 7) is 5.02. The zero-order valence-electron chi connectivity index (χ0n) is 28.5. The van der Waals surface area contributed by atoms with E-state index < -0.39 is 44.0 Å². The van der Waals surface area contributed by atoms with Crippen molar-refractivity contribution >= 4 is 44.8 Å². The third-order valence-electron chi connectivity index (χ3n) is 8.36. The number of amides is 2. The largest absolute Gasteiger partial charge is 0.495 e. The molecule has 0 aromatic heterocycles. The number of halogens is 1. The molecule has 264 valence electrons. The van der Waals surface area contributed by atoms with E-state index in [4.69, 9.17) is 16.3 Å². The Kier molecular flexibility index (Phi) is 13.0. The van der Waals surface area contributed by atoms with Gasteiger partial charge in [0.2, 0.25) is 11.8 Å². The first-order valence-electron chi connectivity index (χ1n) is 16.1. The lowest BCUT2D eigenvalue weighted by atomic mass is 10.0. The Bertz CT molecular complexity index is 1940. The number of nitrogens with one attached hydrogen (secondary N) is 1. The molecule has 11 nitrogen and oxygen atoms in total. The van der Waals surface area contributed by atoms with Gasteiger partial charge in [-0.15, -0.1) is 0 Å². The maximum absolute atomic E-state index is 14.8. The number of hydrogen-bond donors (Lipinski definition) is 1. The van der Waals surface area contributed by atoms with Gasteiger partial charge in [0.15, 0.2) is 0 Å². The number of hydrogen-bond acceptors (Lipinski definition) is 7. The number of ether oxygens (including phenoxy) is 1. The molecule has 4 aromatic rings. The summed E-state index contributed by atoms with van der Waals surface area (Å²) in [5.41, 5.74) is 2.26. The van der Waals surface area contributed by atoms with Crippen molar-refractivity contribution in [3.63, 3.8) is 0 Å². The molecule has 4 aromatic carbocycles. The van der Waals surface area contributed by atoms with E-state index in [0.717, 1.165) is 39.9 Å². The van der Waals surface area contributed by atoms with Crippen molar-refractivity contribution in [3.05, 3.63) is 128 Å². The van der Waals surface area contributed by atoms with Crippen molar-refractivity contribution < 1.29 is 27.7 Å². The van der Waals surface area contributed by atoms with Crippen LogP contribution < -0.4 is 14.4 Å². The molecule has 0 bridgehead atoms. The molecular weight excluding hydrogens is 680 g/mol. The van der Waals surface area contributed by atoms with Crippen molar-refractivity contribution in [3.8, 4) is 5.75 Å². The number of nitro groups is 1. The fourth-order valence-electron chi connectivity index (χ4n) is 5.48. The Labute approximate surface area is 298 Å². The van der Waals surface area contributed by atoms with Gasteiger partial charge in [0.05, 0.1) is 22.6 Å². The lowest BCUT2D eigenvalue weighted by Crippen LogP contribution is -2.53. The SMILES string of the molecule is CCCCNC(=O)[C@H](Cc1ccccc1)N(Cc1ccccc1C)C(=O)CN(c1cc(Cl)ccc1OC)S(=O)(=O)c1ccc(C)c([N+](=O)[O-])c1. The Morgan fingerprint density at radius 2 is 1.66 bits per heavy atom. The average molecular weight is 721 g/mol. The van der Waals surface area contributed by atoms with Crippen molar-refractivity contribution in [2.24, 2.45) is 0 Å². The predicted molar refractivity (Wildman–Crippen MR) is 194 cm³/mol. The molecule has 0 saturated carbocycles. The van der Waals surface area contributed by atoms with Gasteiger partial charge in [-0.1, -0.05) is 85.6 Å². The van der Waals surface area contributed by atoms with E-state index >= 15 is 0 Å². The minimum absolute atomic E-state index is 0.000770. The minimum Gasteiger partial charge on any atom is -0.495 e. The standard InChI is InChI=1S/C37H41ClN4O7S/c1-5-6-20-39-37(44)34(21-28-13-8-7-9-14-28)40(24-29-15-11-10-12-26(29)2)36(43)25-41(33-22-30(38)17-19-35(33)49-4)50(47,48)31-18-16-27(3)32(23-31)42(45)46/h7-19,22-23,34H,5-6,20-21,24-25H2,1-4H3,(H,39,44)/t34-/m0/s1. The van der Waals surface area contributed by atoms with Crippen LogP contribution in [0, 0.1) is 24.0 Å². The van der Waals surface area contributed by atoms with Gasteiger partial charge in [0, 0.05) is 36.2 Å². The van der Waals surface area contributed by atoms with Crippen LogP contribution in [0.2, 0.25) is 5.02 Å². The Morgan fingerprint density at radius 1 is 0.960 bits per heavy atom. The number of carbonyl (C=O) groups is 2. The van der Waals surface area contributed by atoms with Gasteiger partial charge in [-0.25, -0.2) is 8.42 Å². The van der Waals surface area contributed by atoms with Crippen LogP contribution in [0.4, 0.5) is 11.4 Å². The molecule has 0 aliphatic heterocycles. The van der Waals surface area contributed by atoms with E-state index in [1.807, 2.05) is 68.4 Å². The van der Waals surface area contributed by atoms with E-state index in [0.29, 0.717) is 6.54 Å². The Balaban J connectivity index is 1.89. The summed E-state index contributed by atoms with van der Waals surface area (Å²) < 4.78 is 35.3. The zero-order valence-corrected chi connectivity index (χ0v) is 30.0. The first-order chi connectivity index (χ1) is 23.9. The van der Waals surface area contributed by atoms with Crippen LogP contribution in [0.15, 0.2) is 95.9 Å². The number of unbranched alkanes of at least 4 members (excludes halogenated alkanes) is 1. The van der Waals surface area contributed by atoms with E-state index in [1.54, 1.807) is 0 Å². The lowest BCUT2D eigenvalue weighted by molar-refractivity contribution is -0.385. The summed E-state index contributed by atoms with van der Waals surface area (Å²) in [6, 6.07) is 23.5. The van der Waals surface area contributed by atoms with Gasteiger partial charge in [-0.05, 0) is 61.2 Å². The second kappa shape index (κ2) is 17.1. The van der Waals surface area contributed by atoms with Gasteiger partial charge in [-0.3, -0.25) is 24.0 Å². The summed E-state index contributed by atoms with van der Waals surface area (Å²) in [5.74, 6) is -0.976. The highest BCUT2D eigenvalue weighted by atomic mass is 35.5. The van der Waals surface area contributed by atoms with E-state index in [2.05, 4.69) is 5.32 Å². The summed E-state index contributed by atoms with van der Waals surface area (Å²) >= 11 is 6.35. The molecule has 0 aliphatic rings. The summed E-state index contributed by atoms with van der Waals surface area (Å²) in [4.78, 5) is 40.8. The van der Waals surface area contributed by atoms with Gasteiger partial charge in [-0.2, -0.15) is 0 Å². The number of benzene rings is 4. The third-order valence-corrected chi connectivity index (χ3v) is 10.3. The number of nitrogens with zero attached hydrogens (tertiary/aromatic N) is 3. The molecular formula is C37H41ClN4O7S. The highest BCUT2D eigenvalue weighted by Gasteiger charge is 2.36. The molecule has 0 saturated heterocycles. The molecule has 0 radical (unpaired) electrons. The second-order valence-corrected chi connectivity index (χ2v) is 14.1. The number of aryl methyl sites for hydroxylation is 2. The average Bonchev–Trinajstić information content (AvgIpc) is 3.09. The van der Waals surface area contributed by atoms with E-state index in [9.17, 15) is 28.1 Å². The van der Waals surface area contributed by atoms with Crippen LogP contribution in [-0.2, 0) is 32.6 Å².